The molecule has 4 N–H and O–H groups in total. The van der Waals surface area contributed by atoms with Crippen LogP contribution in [0.4, 0.5) is 22.9 Å². The second kappa shape index (κ2) is 14.6. The summed E-state index contributed by atoms with van der Waals surface area (Å²) in [6.07, 6.45) is 2.84. The molecule has 2 aromatic carbocycles. The smallest absolute Gasteiger partial charge is 0.257 e. The van der Waals surface area contributed by atoms with Crippen LogP contribution in [-0.2, 0) is 19.1 Å². The number of benzene rings is 2. The summed E-state index contributed by atoms with van der Waals surface area (Å²) in [4.78, 5) is 54.3. The number of anilines is 4. The van der Waals surface area contributed by atoms with Crippen molar-refractivity contribution in [1.29, 1.82) is 0 Å². The lowest BCUT2D eigenvalue weighted by atomic mass is 9.85. The number of nitrogens with zero attached hydrogens (tertiary/aromatic N) is 4. The lowest BCUT2D eigenvalue weighted by Crippen LogP contribution is -2.60. The van der Waals surface area contributed by atoms with Gasteiger partial charge in [0.15, 0.2) is 0 Å². The van der Waals surface area contributed by atoms with Crippen LogP contribution < -0.4 is 35.8 Å². The lowest BCUT2D eigenvalue weighted by Gasteiger charge is -2.36. The van der Waals surface area contributed by atoms with Crippen LogP contribution in [0.1, 0.15) is 40.5 Å². The minimum Gasteiger partial charge on any atom is -0.494 e. The molecule has 2 aliphatic rings. The van der Waals surface area contributed by atoms with Gasteiger partial charge in [0, 0.05) is 35.9 Å². The first-order valence-electron chi connectivity index (χ1n) is 16.1. The minimum atomic E-state index is -1.02. The van der Waals surface area contributed by atoms with Gasteiger partial charge in [0.1, 0.15) is 23.9 Å². The number of carbonyl (C=O) groups excluding carboxylic acids is 3. The monoisotopic (exact) mass is 646 g/mol. The molecular formula is C34H46N8O5. The highest BCUT2D eigenvalue weighted by Crippen LogP contribution is 2.38. The zero-order valence-electron chi connectivity index (χ0n) is 28.1. The number of imide groups is 1. The number of nitrogens with one attached hydrogen (secondary N) is 4. The Hall–Kier alpha value is -4.33. The molecule has 13 heteroatoms. The van der Waals surface area contributed by atoms with Crippen molar-refractivity contribution in [3.05, 3.63) is 42.7 Å². The van der Waals surface area contributed by atoms with Gasteiger partial charge in [0.25, 0.3) is 11.8 Å². The van der Waals surface area contributed by atoms with Gasteiger partial charge in [0.2, 0.25) is 5.91 Å². The number of methoxy groups -OCH3 is 1. The molecule has 2 aliphatic heterocycles. The van der Waals surface area contributed by atoms with E-state index in [0.717, 1.165) is 35.8 Å². The molecule has 13 nitrogen and oxygen atoms in total. The van der Waals surface area contributed by atoms with E-state index < -0.39 is 35.4 Å². The van der Waals surface area contributed by atoms with Crippen LogP contribution >= 0.6 is 0 Å². The van der Waals surface area contributed by atoms with Crippen LogP contribution in [0.2, 0.25) is 0 Å². The molecule has 3 amide bonds. The molecule has 47 heavy (non-hydrogen) atoms. The Bertz CT molecular complexity index is 1580. The van der Waals surface area contributed by atoms with Gasteiger partial charge in [-0.2, -0.15) is 0 Å². The quantitative estimate of drug-likeness (QED) is 0.258. The third-order valence-corrected chi connectivity index (χ3v) is 8.71. The number of ether oxygens (including phenoxy) is 2. The Morgan fingerprint density at radius 1 is 1.11 bits per heavy atom. The van der Waals surface area contributed by atoms with Crippen LogP contribution in [-0.4, -0.2) is 92.8 Å². The Morgan fingerprint density at radius 3 is 2.45 bits per heavy atom. The highest BCUT2D eigenvalue weighted by atomic mass is 16.5. The van der Waals surface area contributed by atoms with E-state index >= 15 is 0 Å². The van der Waals surface area contributed by atoms with Crippen LogP contribution in [0.25, 0.3) is 10.9 Å². The summed E-state index contributed by atoms with van der Waals surface area (Å²) in [7, 11) is 3.16. The van der Waals surface area contributed by atoms with Crippen LogP contribution in [0.5, 0.6) is 5.75 Å². The van der Waals surface area contributed by atoms with Crippen molar-refractivity contribution < 1.29 is 23.9 Å². The first-order chi connectivity index (χ1) is 22.5. The molecule has 0 spiro atoms. The van der Waals surface area contributed by atoms with Crippen molar-refractivity contribution in [3.8, 4) is 5.75 Å². The molecule has 2 fully saturated rings. The van der Waals surface area contributed by atoms with Gasteiger partial charge < -0.3 is 35.6 Å². The predicted molar refractivity (Wildman–Crippen MR) is 182 cm³/mol. The molecule has 0 saturated carbocycles. The fraction of sp³-hybridized carbons (Fsp3) is 0.500. The largest absolute Gasteiger partial charge is 0.494 e. The average molecular weight is 647 g/mol. The van der Waals surface area contributed by atoms with Gasteiger partial charge in [-0.25, -0.2) is 14.9 Å². The van der Waals surface area contributed by atoms with E-state index in [1.807, 2.05) is 32.9 Å². The fourth-order valence-electron chi connectivity index (χ4n) is 5.80. The number of carbonyl (C=O) groups is 3. The van der Waals surface area contributed by atoms with E-state index in [2.05, 4.69) is 48.3 Å². The summed E-state index contributed by atoms with van der Waals surface area (Å²) < 4.78 is 11.2. The summed E-state index contributed by atoms with van der Waals surface area (Å²) in [6, 6.07) is 9.34. The van der Waals surface area contributed by atoms with Gasteiger partial charge in [-0.15, -0.1) is 0 Å². The Balaban J connectivity index is 1.56. The van der Waals surface area contributed by atoms with Crippen LogP contribution in [0, 0.1) is 5.41 Å². The van der Waals surface area contributed by atoms with Gasteiger partial charge in [-0.05, 0) is 69.1 Å². The highest BCUT2D eigenvalue weighted by molar-refractivity contribution is 6.20. The number of hydrogen-bond donors (Lipinski definition) is 4. The number of aromatic nitrogens is 2. The molecule has 0 radical (unpaired) electrons. The molecule has 3 aromatic rings. The molecule has 5 rings (SSSR count). The molecule has 2 saturated heterocycles. The van der Waals surface area contributed by atoms with Crippen molar-refractivity contribution in [3.63, 3.8) is 0 Å². The maximum absolute atomic E-state index is 14.6. The topological polar surface area (TPSA) is 150 Å². The van der Waals surface area contributed by atoms with Gasteiger partial charge in [-0.3, -0.25) is 14.4 Å². The second-order valence-corrected chi connectivity index (χ2v) is 13.0. The van der Waals surface area contributed by atoms with Crippen molar-refractivity contribution >= 4 is 51.5 Å². The van der Waals surface area contributed by atoms with Gasteiger partial charge in [0.05, 0.1) is 43.6 Å². The predicted octanol–water partition coefficient (Wildman–Crippen LogP) is 2.97. The fourth-order valence-corrected chi connectivity index (χ4v) is 5.80. The average Bonchev–Trinajstić information content (AvgIpc) is 3.62. The molecule has 0 bridgehead atoms. The van der Waals surface area contributed by atoms with E-state index in [0.29, 0.717) is 48.6 Å². The molecular weight excluding hydrogens is 600 g/mol. The van der Waals surface area contributed by atoms with E-state index in [1.54, 1.807) is 26.1 Å². The van der Waals surface area contributed by atoms with Crippen molar-refractivity contribution in [2.45, 2.75) is 58.7 Å². The lowest BCUT2D eigenvalue weighted by molar-refractivity contribution is -0.134. The number of likely N-dealkylation sites (N-methyl/N-ethyl adjacent to an activating group) is 1. The molecule has 0 aliphatic carbocycles. The number of fused-ring (bicyclic) bond motifs is 1. The van der Waals surface area contributed by atoms with Crippen molar-refractivity contribution in [1.82, 2.24) is 25.9 Å². The first kappa shape index (κ1) is 34.0. The van der Waals surface area contributed by atoms with Crippen molar-refractivity contribution in [2.24, 2.45) is 5.41 Å². The maximum atomic E-state index is 14.6. The van der Waals surface area contributed by atoms with E-state index in [4.69, 9.17) is 9.47 Å². The Morgan fingerprint density at radius 2 is 1.83 bits per heavy atom. The summed E-state index contributed by atoms with van der Waals surface area (Å²) in [5, 5.41) is 13.0. The minimum absolute atomic E-state index is 0.245. The van der Waals surface area contributed by atoms with Crippen LogP contribution in [0.15, 0.2) is 42.7 Å². The first-order valence-corrected chi connectivity index (χ1v) is 16.1. The normalized spacial score (nSPS) is 18.0. The van der Waals surface area contributed by atoms with E-state index in [1.165, 1.54) is 13.4 Å². The molecule has 3 heterocycles. The molecule has 0 unspecified atom stereocenters. The molecule has 1 aromatic heterocycles. The standard InChI is InChI=1S/C34H46N8O5/c1-21(35-5)31(43)40-29(34(2,3)4)33(45)42(32(44)25-8-7-13-36-25)27-18-24-26(19-28(27)46-6)37-20-38-30(24)39-22-9-11-23(12-10-22)41-14-16-47-17-15-41/h9-12,18-21,25,29,35-36H,7-8,13-17H2,1-6H3,(H,40,43)(H,37,38,39)/t21-,25-,29+/m0/s1. The number of hydrogen-bond acceptors (Lipinski definition) is 11. The maximum Gasteiger partial charge on any atom is 0.257 e. The Kier molecular flexibility index (Phi) is 10.6. The summed E-state index contributed by atoms with van der Waals surface area (Å²) in [6.45, 7) is 11.0. The number of morpholine rings is 1. The number of rotatable bonds is 10. The second-order valence-electron chi connectivity index (χ2n) is 13.0. The number of amides is 3. The van der Waals surface area contributed by atoms with Gasteiger partial charge >= 0.3 is 0 Å². The summed E-state index contributed by atoms with van der Waals surface area (Å²) in [5.41, 5.74) is 2.00. The summed E-state index contributed by atoms with van der Waals surface area (Å²) >= 11 is 0. The van der Waals surface area contributed by atoms with Crippen molar-refractivity contribution in [2.75, 3.05) is 62.1 Å². The molecule has 3 atom stereocenters. The summed E-state index contributed by atoms with van der Waals surface area (Å²) in [5.74, 6) is -0.534. The van der Waals surface area contributed by atoms with E-state index in [9.17, 15) is 14.4 Å². The van der Waals surface area contributed by atoms with Crippen LogP contribution in [0.3, 0.4) is 0 Å². The van der Waals surface area contributed by atoms with E-state index in [-0.39, 0.29) is 11.6 Å². The third kappa shape index (κ3) is 7.64. The SMILES string of the molecule is CN[C@@H](C)C(=O)N[C@H](C(=O)N(C(=O)[C@@H]1CCCN1)c1cc2c(Nc3ccc(N4CCOCC4)cc3)ncnc2cc1OC)C(C)(C)C. The zero-order valence-corrected chi connectivity index (χ0v) is 28.1. The zero-order chi connectivity index (χ0) is 33.7. The molecule has 252 valence electrons. The van der Waals surface area contributed by atoms with Gasteiger partial charge in [-0.1, -0.05) is 20.8 Å². The third-order valence-electron chi connectivity index (χ3n) is 8.71. The highest BCUT2D eigenvalue weighted by Gasteiger charge is 2.42. The Labute approximate surface area is 275 Å².